The second-order valence-corrected chi connectivity index (χ2v) is 8.48. The smallest absolute Gasteiger partial charge is 0.191 e. The molecule has 2 aliphatic rings. The fourth-order valence-electron chi connectivity index (χ4n) is 4.37. The van der Waals surface area contributed by atoms with Crippen LogP contribution in [0.15, 0.2) is 29.3 Å². The summed E-state index contributed by atoms with van der Waals surface area (Å²) in [5, 5.41) is 7.13. The van der Waals surface area contributed by atoms with Crippen molar-refractivity contribution in [2.75, 3.05) is 80.9 Å². The topological polar surface area (TPSA) is 70.6 Å². The Bertz CT molecular complexity index is 683. The van der Waals surface area contributed by atoms with Crippen LogP contribution >= 0.6 is 0 Å². The molecule has 0 aliphatic carbocycles. The first kappa shape index (κ1) is 23.8. The molecule has 0 aromatic heterocycles. The predicted molar refractivity (Wildman–Crippen MR) is 124 cm³/mol. The van der Waals surface area contributed by atoms with Gasteiger partial charge in [-0.25, -0.2) is 0 Å². The van der Waals surface area contributed by atoms with Crippen LogP contribution in [-0.4, -0.2) is 102 Å². The van der Waals surface area contributed by atoms with Crippen LogP contribution in [0.2, 0.25) is 0 Å². The number of hydrogen-bond donors (Lipinski definition) is 2. The van der Waals surface area contributed by atoms with E-state index in [4.69, 9.17) is 14.2 Å². The summed E-state index contributed by atoms with van der Waals surface area (Å²) in [6.45, 7) is 6.62. The van der Waals surface area contributed by atoms with Gasteiger partial charge in [-0.15, -0.1) is 0 Å². The molecule has 1 aromatic rings. The molecular formula is C23H39N5O3. The molecule has 2 N–H and O–H groups in total. The predicted octanol–water partition coefficient (Wildman–Crippen LogP) is 1.34. The van der Waals surface area contributed by atoms with Crippen molar-refractivity contribution in [2.24, 2.45) is 4.99 Å². The van der Waals surface area contributed by atoms with Gasteiger partial charge in [0.05, 0.1) is 26.4 Å². The number of hydrogen-bond acceptors (Lipinski definition) is 6. The Kier molecular flexibility index (Phi) is 8.95. The quantitative estimate of drug-likeness (QED) is 0.474. The molecule has 174 valence electrons. The van der Waals surface area contributed by atoms with Gasteiger partial charge >= 0.3 is 0 Å². The van der Waals surface area contributed by atoms with Crippen molar-refractivity contribution < 1.29 is 14.2 Å². The lowest BCUT2D eigenvalue weighted by molar-refractivity contribution is -0.00506. The average molecular weight is 434 g/mol. The summed E-state index contributed by atoms with van der Waals surface area (Å²) in [7, 11) is 7.84. The Balaban J connectivity index is 1.64. The highest BCUT2D eigenvalue weighted by atomic mass is 16.5. The fourth-order valence-corrected chi connectivity index (χ4v) is 4.37. The van der Waals surface area contributed by atoms with Gasteiger partial charge in [-0.1, -0.05) is 12.1 Å². The molecule has 1 unspecified atom stereocenters. The summed E-state index contributed by atoms with van der Waals surface area (Å²) >= 11 is 0. The van der Waals surface area contributed by atoms with E-state index in [9.17, 15) is 0 Å². The van der Waals surface area contributed by atoms with Crippen molar-refractivity contribution >= 4 is 5.96 Å². The minimum absolute atomic E-state index is 0.0927. The standard InChI is InChI=1S/C23H39N5O3/c1-24-22(26-18-23(27(2)3)9-13-30-14-10-23)25-17-21(28-11-15-31-16-12-28)19-5-7-20(29-4)8-6-19/h5-8,21H,9-18H2,1-4H3,(H2,24,25,26). The number of methoxy groups -OCH3 is 1. The average Bonchev–Trinajstić information content (AvgIpc) is 2.82. The number of guanidine groups is 1. The molecular weight excluding hydrogens is 394 g/mol. The Hall–Kier alpha value is -1.87. The lowest BCUT2D eigenvalue weighted by Crippen LogP contribution is -2.57. The third-order valence-electron chi connectivity index (χ3n) is 6.63. The van der Waals surface area contributed by atoms with E-state index < -0.39 is 0 Å². The number of likely N-dealkylation sites (N-methyl/N-ethyl adjacent to an activating group) is 1. The van der Waals surface area contributed by atoms with Gasteiger partial charge in [0.15, 0.2) is 5.96 Å². The van der Waals surface area contributed by atoms with E-state index in [1.165, 1.54) is 5.56 Å². The Labute approximate surface area is 186 Å². The first-order chi connectivity index (χ1) is 15.1. The zero-order chi connectivity index (χ0) is 22.1. The van der Waals surface area contributed by atoms with E-state index in [2.05, 4.69) is 51.7 Å². The molecule has 0 spiro atoms. The molecule has 0 amide bonds. The lowest BCUT2D eigenvalue weighted by atomic mass is 9.88. The highest BCUT2D eigenvalue weighted by Gasteiger charge is 2.35. The molecule has 0 saturated carbocycles. The summed E-state index contributed by atoms with van der Waals surface area (Å²) in [4.78, 5) is 9.28. The summed E-state index contributed by atoms with van der Waals surface area (Å²) in [5.41, 5.74) is 1.36. The monoisotopic (exact) mass is 433 g/mol. The minimum Gasteiger partial charge on any atom is -0.497 e. The van der Waals surface area contributed by atoms with Gasteiger partial charge in [0.25, 0.3) is 0 Å². The van der Waals surface area contributed by atoms with Gasteiger partial charge < -0.3 is 29.7 Å². The van der Waals surface area contributed by atoms with Gasteiger partial charge in [0.1, 0.15) is 5.75 Å². The van der Waals surface area contributed by atoms with Crippen LogP contribution in [0.3, 0.4) is 0 Å². The van der Waals surface area contributed by atoms with Crippen LogP contribution < -0.4 is 15.4 Å². The molecule has 2 fully saturated rings. The molecule has 31 heavy (non-hydrogen) atoms. The normalized spacial score (nSPS) is 21.0. The van der Waals surface area contributed by atoms with E-state index in [0.717, 1.165) is 77.2 Å². The molecule has 3 rings (SSSR count). The maximum absolute atomic E-state index is 5.59. The van der Waals surface area contributed by atoms with E-state index in [1.54, 1.807) is 7.11 Å². The van der Waals surface area contributed by atoms with Crippen LogP contribution in [0, 0.1) is 0 Å². The number of rotatable bonds is 8. The molecule has 2 heterocycles. The number of nitrogens with zero attached hydrogens (tertiary/aromatic N) is 3. The number of nitrogens with one attached hydrogen (secondary N) is 2. The Morgan fingerprint density at radius 3 is 2.32 bits per heavy atom. The van der Waals surface area contributed by atoms with Gasteiger partial charge in [-0.05, 0) is 44.6 Å². The zero-order valence-corrected chi connectivity index (χ0v) is 19.5. The van der Waals surface area contributed by atoms with Gasteiger partial charge in [0.2, 0.25) is 0 Å². The highest BCUT2D eigenvalue weighted by molar-refractivity contribution is 5.79. The van der Waals surface area contributed by atoms with Crippen molar-refractivity contribution in [3.05, 3.63) is 29.8 Å². The number of benzene rings is 1. The summed E-state index contributed by atoms with van der Waals surface area (Å²) in [5.74, 6) is 1.71. The van der Waals surface area contributed by atoms with Crippen molar-refractivity contribution in [3.63, 3.8) is 0 Å². The van der Waals surface area contributed by atoms with E-state index in [-0.39, 0.29) is 11.6 Å². The van der Waals surface area contributed by atoms with Crippen LogP contribution in [0.5, 0.6) is 5.75 Å². The molecule has 1 atom stereocenters. The zero-order valence-electron chi connectivity index (χ0n) is 19.5. The van der Waals surface area contributed by atoms with Crippen molar-refractivity contribution in [3.8, 4) is 5.75 Å². The number of aliphatic imine (C=N–C) groups is 1. The molecule has 1 aromatic carbocycles. The minimum atomic E-state index is 0.0927. The lowest BCUT2D eigenvalue weighted by Gasteiger charge is -2.43. The van der Waals surface area contributed by atoms with Crippen molar-refractivity contribution in [1.29, 1.82) is 0 Å². The van der Waals surface area contributed by atoms with E-state index >= 15 is 0 Å². The molecule has 2 aliphatic heterocycles. The van der Waals surface area contributed by atoms with Crippen LogP contribution in [-0.2, 0) is 9.47 Å². The fraction of sp³-hybridized carbons (Fsp3) is 0.696. The second-order valence-electron chi connectivity index (χ2n) is 8.48. The number of ether oxygens (including phenoxy) is 3. The summed E-state index contributed by atoms with van der Waals surface area (Å²) in [6, 6.07) is 8.60. The molecule has 0 radical (unpaired) electrons. The molecule has 2 saturated heterocycles. The highest BCUT2D eigenvalue weighted by Crippen LogP contribution is 2.26. The van der Waals surface area contributed by atoms with Crippen LogP contribution in [0.1, 0.15) is 24.4 Å². The molecule has 8 heteroatoms. The Morgan fingerprint density at radius 1 is 1.10 bits per heavy atom. The largest absolute Gasteiger partial charge is 0.497 e. The Morgan fingerprint density at radius 2 is 1.74 bits per heavy atom. The van der Waals surface area contributed by atoms with Gasteiger partial charge in [-0.3, -0.25) is 9.89 Å². The molecule has 8 nitrogen and oxygen atoms in total. The maximum Gasteiger partial charge on any atom is 0.191 e. The van der Waals surface area contributed by atoms with Crippen LogP contribution in [0.25, 0.3) is 0 Å². The number of morpholine rings is 1. The first-order valence-corrected chi connectivity index (χ1v) is 11.2. The summed E-state index contributed by atoms with van der Waals surface area (Å²) in [6.07, 6.45) is 2.04. The van der Waals surface area contributed by atoms with Gasteiger partial charge in [-0.2, -0.15) is 0 Å². The summed E-state index contributed by atoms with van der Waals surface area (Å²) < 4.78 is 16.5. The van der Waals surface area contributed by atoms with E-state index in [0.29, 0.717) is 0 Å². The first-order valence-electron chi connectivity index (χ1n) is 11.2. The van der Waals surface area contributed by atoms with Crippen LogP contribution in [0.4, 0.5) is 0 Å². The van der Waals surface area contributed by atoms with Crippen molar-refractivity contribution in [2.45, 2.75) is 24.4 Å². The van der Waals surface area contributed by atoms with Gasteiger partial charge in [0, 0.05) is 52.0 Å². The third-order valence-corrected chi connectivity index (χ3v) is 6.63. The molecule has 0 bridgehead atoms. The van der Waals surface area contributed by atoms with Crippen molar-refractivity contribution in [1.82, 2.24) is 20.4 Å². The van der Waals surface area contributed by atoms with E-state index in [1.807, 2.05) is 19.2 Å². The second kappa shape index (κ2) is 11.7. The third kappa shape index (κ3) is 6.32. The SMILES string of the molecule is CN=C(NCC(c1ccc(OC)cc1)N1CCOCC1)NCC1(N(C)C)CCOCC1. The maximum atomic E-state index is 5.59.